The average molecular weight is 488 g/mol. The molecule has 0 saturated carbocycles. The first-order chi connectivity index (χ1) is 15.2. The van der Waals surface area contributed by atoms with Gasteiger partial charge in [0.15, 0.2) is 0 Å². The summed E-state index contributed by atoms with van der Waals surface area (Å²) < 4.78 is 0. The zero-order valence-electron chi connectivity index (χ0n) is 17.2. The molecule has 0 radical (unpaired) electrons. The molecule has 7 nitrogen and oxygen atoms in total. The lowest BCUT2D eigenvalue weighted by atomic mass is 10.1. The van der Waals surface area contributed by atoms with Gasteiger partial charge in [0.1, 0.15) is 4.87 Å². The highest BCUT2D eigenvalue weighted by Crippen LogP contribution is 2.50. The van der Waals surface area contributed by atoms with Crippen LogP contribution in [0.4, 0.5) is 10.5 Å². The molecule has 3 heterocycles. The molecular formula is C22H18ClN3O4S2. The second-order valence-corrected chi connectivity index (χ2v) is 10.9. The lowest BCUT2D eigenvalue weighted by molar-refractivity contribution is -0.130. The van der Waals surface area contributed by atoms with E-state index in [1.807, 2.05) is 19.1 Å². The number of carbonyl (C=O) groups excluding carboxylic acids is 4. The highest BCUT2D eigenvalue weighted by atomic mass is 35.5. The van der Waals surface area contributed by atoms with Crippen LogP contribution in [0, 0.1) is 6.92 Å². The Hall–Kier alpha value is -2.49. The van der Waals surface area contributed by atoms with Gasteiger partial charge in [0, 0.05) is 16.3 Å². The molecule has 0 bridgehead atoms. The molecule has 10 heteroatoms. The highest BCUT2D eigenvalue weighted by molar-refractivity contribution is 8.02. The maximum atomic E-state index is 13.8. The van der Waals surface area contributed by atoms with Crippen molar-refractivity contribution in [2.75, 3.05) is 16.8 Å². The summed E-state index contributed by atoms with van der Waals surface area (Å²) in [6.07, 6.45) is 0. The van der Waals surface area contributed by atoms with Crippen LogP contribution in [0.2, 0.25) is 5.02 Å². The number of imide groups is 2. The predicted octanol–water partition coefficient (Wildman–Crippen LogP) is 4.05. The van der Waals surface area contributed by atoms with Crippen molar-refractivity contribution < 1.29 is 19.2 Å². The number of urea groups is 1. The van der Waals surface area contributed by atoms with Gasteiger partial charge in [0.2, 0.25) is 22.6 Å². The first-order valence-corrected chi connectivity index (χ1v) is 12.2. The molecule has 2 saturated heterocycles. The molecule has 164 valence electrons. The summed E-state index contributed by atoms with van der Waals surface area (Å²) in [5.74, 6) is -1.29. The number of hydrogen-bond donors (Lipinski definition) is 1. The number of aryl methyl sites for hydroxylation is 1. The lowest BCUT2D eigenvalue weighted by Gasteiger charge is -2.38. The van der Waals surface area contributed by atoms with Crippen LogP contribution >= 0.6 is 35.1 Å². The molecule has 0 aliphatic carbocycles. The molecule has 2 aromatic carbocycles. The summed E-state index contributed by atoms with van der Waals surface area (Å²) in [6, 6.07) is 11.4. The fraction of sp³-hybridized carbons (Fsp3) is 0.273. The zero-order chi connectivity index (χ0) is 22.8. The minimum atomic E-state index is -1.60. The second-order valence-electron chi connectivity index (χ2n) is 7.96. The molecule has 32 heavy (non-hydrogen) atoms. The van der Waals surface area contributed by atoms with Gasteiger partial charge in [0.05, 0.1) is 11.5 Å². The number of nitrogens with one attached hydrogen (secondary N) is 1. The Kier molecular flexibility index (Phi) is 4.85. The maximum Gasteiger partial charge on any atom is 0.337 e. The van der Waals surface area contributed by atoms with E-state index < -0.39 is 27.7 Å². The molecule has 0 aromatic heterocycles. The number of carbonyl (C=O) groups is 4. The third kappa shape index (κ3) is 2.91. The number of benzene rings is 2. The van der Waals surface area contributed by atoms with Gasteiger partial charge in [-0.1, -0.05) is 41.6 Å². The maximum absolute atomic E-state index is 13.8. The van der Waals surface area contributed by atoms with Crippen molar-refractivity contribution in [3.05, 3.63) is 64.2 Å². The Bertz CT molecular complexity index is 1200. The summed E-state index contributed by atoms with van der Waals surface area (Å²) in [7, 11) is 0. The molecule has 2 unspecified atom stereocenters. The summed E-state index contributed by atoms with van der Waals surface area (Å²) in [5.41, 5.74) is 2.62. The van der Waals surface area contributed by atoms with Gasteiger partial charge in [-0.2, -0.15) is 0 Å². The van der Waals surface area contributed by atoms with Crippen LogP contribution in [-0.2, 0) is 14.5 Å². The Morgan fingerprint density at radius 1 is 1.00 bits per heavy atom. The second kappa shape index (κ2) is 7.26. The third-order valence-electron chi connectivity index (χ3n) is 5.92. The standard InChI is InChI=1S/C22H18ClN3O4S2/c1-12-3-8-15-16(9-12)24-22(19(15)29)26(18(28)11-32-22)20(30)25-17(27)10-31-21(25,2)13-4-6-14(23)7-5-13/h3-9,24H,10-11H2,1-2H3. The molecule has 2 aromatic rings. The Labute approximate surface area is 197 Å². The fourth-order valence-electron chi connectivity index (χ4n) is 4.28. The Balaban J connectivity index is 1.56. The van der Waals surface area contributed by atoms with Crippen molar-refractivity contribution >= 4 is 64.4 Å². The van der Waals surface area contributed by atoms with Crippen LogP contribution in [0.15, 0.2) is 42.5 Å². The number of thioether (sulfide) groups is 2. The van der Waals surface area contributed by atoms with E-state index >= 15 is 0 Å². The minimum Gasteiger partial charge on any atom is -0.346 e. The number of halogens is 1. The molecule has 1 spiro atoms. The Morgan fingerprint density at radius 2 is 1.66 bits per heavy atom. The van der Waals surface area contributed by atoms with Gasteiger partial charge in [-0.05, 0) is 49.2 Å². The summed E-state index contributed by atoms with van der Waals surface area (Å²) in [6.45, 7) is 3.65. The smallest absolute Gasteiger partial charge is 0.337 e. The monoisotopic (exact) mass is 487 g/mol. The van der Waals surface area contributed by atoms with Gasteiger partial charge in [-0.15, -0.1) is 11.8 Å². The van der Waals surface area contributed by atoms with E-state index in [0.717, 1.165) is 27.1 Å². The predicted molar refractivity (Wildman–Crippen MR) is 125 cm³/mol. The molecule has 5 rings (SSSR count). The number of fused-ring (bicyclic) bond motifs is 1. The largest absolute Gasteiger partial charge is 0.346 e. The quantitative estimate of drug-likeness (QED) is 0.649. The van der Waals surface area contributed by atoms with Crippen LogP contribution in [0.25, 0.3) is 0 Å². The Morgan fingerprint density at radius 3 is 2.38 bits per heavy atom. The van der Waals surface area contributed by atoms with Crippen LogP contribution in [0.3, 0.4) is 0 Å². The highest BCUT2D eigenvalue weighted by Gasteiger charge is 2.62. The van der Waals surface area contributed by atoms with E-state index in [9.17, 15) is 19.2 Å². The molecule has 2 fully saturated rings. The molecular weight excluding hydrogens is 470 g/mol. The molecule has 2 atom stereocenters. The van der Waals surface area contributed by atoms with Crippen molar-refractivity contribution in [2.24, 2.45) is 0 Å². The molecule has 3 aliphatic heterocycles. The van der Waals surface area contributed by atoms with Crippen molar-refractivity contribution in [2.45, 2.75) is 23.7 Å². The lowest BCUT2D eigenvalue weighted by Crippen LogP contribution is -2.61. The zero-order valence-corrected chi connectivity index (χ0v) is 19.6. The van der Waals surface area contributed by atoms with Crippen LogP contribution in [0.1, 0.15) is 28.4 Å². The molecule has 1 N–H and O–H groups in total. The van der Waals surface area contributed by atoms with Gasteiger partial charge in [0.25, 0.3) is 0 Å². The third-order valence-corrected chi connectivity index (χ3v) is 8.82. The van der Waals surface area contributed by atoms with Crippen molar-refractivity contribution in [1.82, 2.24) is 9.80 Å². The number of rotatable bonds is 1. The van der Waals surface area contributed by atoms with E-state index in [2.05, 4.69) is 5.32 Å². The van der Waals surface area contributed by atoms with E-state index in [-0.39, 0.29) is 17.3 Å². The number of anilines is 1. The number of nitrogens with zero attached hydrogens (tertiary/aromatic N) is 2. The number of ketones is 1. The van der Waals surface area contributed by atoms with E-state index in [4.69, 9.17) is 11.6 Å². The van der Waals surface area contributed by atoms with E-state index in [1.165, 1.54) is 11.8 Å². The van der Waals surface area contributed by atoms with E-state index in [0.29, 0.717) is 21.8 Å². The van der Waals surface area contributed by atoms with Crippen LogP contribution < -0.4 is 5.32 Å². The number of hydrogen-bond acceptors (Lipinski definition) is 7. The van der Waals surface area contributed by atoms with E-state index in [1.54, 1.807) is 37.3 Å². The normalized spacial score (nSPS) is 26.8. The van der Waals surface area contributed by atoms with Crippen LogP contribution in [0.5, 0.6) is 0 Å². The van der Waals surface area contributed by atoms with Gasteiger partial charge in [-0.3, -0.25) is 14.4 Å². The summed E-state index contributed by atoms with van der Waals surface area (Å²) >= 11 is 8.36. The average Bonchev–Trinajstić information content (AvgIpc) is 3.34. The topological polar surface area (TPSA) is 86.8 Å². The van der Waals surface area contributed by atoms with Crippen molar-refractivity contribution in [3.63, 3.8) is 0 Å². The molecule has 4 amide bonds. The van der Waals surface area contributed by atoms with Crippen molar-refractivity contribution in [3.8, 4) is 0 Å². The molecule has 3 aliphatic rings. The first kappa shape index (κ1) is 21.4. The van der Waals surface area contributed by atoms with Crippen molar-refractivity contribution in [1.29, 1.82) is 0 Å². The summed E-state index contributed by atoms with van der Waals surface area (Å²) in [4.78, 5) is 52.4. The van der Waals surface area contributed by atoms with Gasteiger partial charge in [-0.25, -0.2) is 14.6 Å². The number of amides is 4. The summed E-state index contributed by atoms with van der Waals surface area (Å²) in [5, 5.41) is 3.64. The van der Waals surface area contributed by atoms with Gasteiger partial charge < -0.3 is 5.32 Å². The fourth-order valence-corrected chi connectivity index (χ4v) is 6.75. The van der Waals surface area contributed by atoms with Gasteiger partial charge >= 0.3 is 6.03 Å². The van der Waals surface area contributed by atoms with Crippen LogP contribution in [-0.4, -0.2) is 49.9 Å². The first-order valence-electron chi connectivity index (χ1n) is 9.85. The minimum absolute atomic E-state index is 0.0513. The number of Topliss-reactive ketones (excluding diaryl/α,β-unsaturated/α-hetero) is 1. The SMILES string of the molecule is Cc1ccc2c(c1)NC1(SCC(=O)N1C(=O)N1C(=O)CSC1(C)c1ccc(Cl)cc1)C2=O.